The number of pyridine rings is 2. The first-order valence-electron chi connectivity index (χ1n) is 8.95. The molecule has 1 amide bonds. The Morgan fingerprint density at radius 3 is 2.52 bits per heavy atom. The zero-order valence-electron chi connectivity index (χ0n) is 16.3. The number of rotatable bonds is 8. The molecule has 0 unspecified atom stereocenters. The van der Waals surface area contributed by atoms with E-state index in [0.717, 1.165) is 23.8 Å². The van der Waals surface area contributed by atoms with E-state index in [-0.39, 0.29) is 28.9 Å². The van der Waals surface area contributed by atoms with E-state index in [4.69, 9.17) is 16.3 Å². The van der Waals surface area contributed by atoms with Gasteiger partial charge in [0.15, 0.2) is 0 Å². The smallest absolute Gasteiger partial charge is 0.253 e. The number of methoxy groups -OCH3 is 1. The predicted octanol–water partition coefficient (Wildman–Crippen LogP) is 2.69. The molecule has 0 spiro atoms. The Morgan fingerprint density at radius 1 is 1.10 bits per heavy atom. The molecule has 0 aliphatic carbocycles. The molecule has 31 heavy (non-hydrogen) atoms. The molecule has 162 valence electrons. The third kappa shape index (κ3) is 5.97. The van der Waals surface area contributed by atoms with Crippen molar-refractivity contribution in [2.24, 2.45) is 0 Å². The van der Waals surface area contributed by atoms with Crippen LogP contribution in [0.3, 0.4) is 0 Å². The van der Waals surface area contributed by atoms with Crippen molar-refractivity contribution < 1.29 is 22.3 Å². The van der Waals surface area contributed by atoms with Gasteiger partial charge in [-0.2, -0.15) is 0 Å². The second-order valence-corrected chi connectivity index (χ2v) is 8.50. The van der Waals surface area contributed by atoms with E-state index < -0.39 is 15.8 Å². The average Bonchev–Trinajstić information content (AvgIpc) is 2.78. The number of benzene rings is 1. The number of ether oxygens (including phenoxy) is 1. The van der Waals surface area contributed by atoms with Crippen molar-refractivity contribution >= 4 is 27.5 Å². The molecule has 0 atom stereocenters. The molecule has 8 nitrogen and oxygen atoms in total. The molecule has 0 fully saturated rings. The number of halogens is 2. The molecule has 0 radical (unpaired) electrons. The van der Waals surface area contributed by atoms with Gasteiger partial charge in [0.2, 0.25) is 15.9 Å². The van der Waals surface area contributed by atoms with E-state index in [0.29, 0.717) is 17.1 Å². The number of carbonyl (C=O) groups is 1. The summed E-state index contributed by atoms with van der Waals surface area (Å²) in [6.45, 7) is 0.161. The molecule has 2 aromatic heterocycles. The van der Waals surface area contributed by atoms with Gasteiger partial charge in [-0.3, -0.25) is 9.78 Å². The predicted molar refractivity (Wildman–Crippen MR) is 112 cm³/mol. The fourth-order valence-electron chi connectivity index (χ4n) is 2.48. The molecule has 0 bridgehead atoms. The molecular formula is C20H18ClFN4O4S. The molecule has 2 N–H and O–H groups in total. The zero-order chi connectivity index (χ0) is 22.4. The summed E-state index contributed by atoms with van der Waals surface area (Å²) in [4.78, 5) is 20.3. The highest BCUT2D eigenvalue weighted by Gasteiger charge is 2.16. The molecule has 0 aliphatic rings. The number of amides is 1. The van der Waals surface area contributed by atoms with E-state index in [1.165, 1.54) is 25.4 Å². The molecule has 3 rings (SSSR count). The van der Waals surface area contributed by atoms with Gasteiger partial charge in [0.05, 0.1) is 34.8 Å². The van der Waals surface area contributed by atoms with Gasteiger partial charge in [-0.1, -0.05) is 17.7 Å². The minimum atomic E-state index is -3.90. The zero-order valence-corrected chi connectivity index (χ0v) is 17.9. The Kier molecular flexibility index (Phi) is 7.16. The van der Waals surface area contributed by atoms with E-state index in [9.17, 15) is 17.6 Å². The molecule has 11 heteroatoms. The Hall–Kier alpha value is -3.08. The first kappa shape index (κ1) is 22.6. The topological polar surface area (TPSA) is 110 Å². The van der Waals surface area contributed by atoms with Gasteiger partial charge in [0.1, 0.15) is 5.82 Å². The molecule has 3 aromatic rings. The van der Waals surface area contributed by atoms with E-state index >= 15 is 0 Å². The van der Waals surface area contributed by atoms with Crippen molar-refractivity contribution in [3.05, 3.63) is 82.5 Å². The summed E-state index contributed by atoms with van der Waals surface area (Å²) in [6, 6.07) is 9.66. The fourth-order valence-corrected chi connectivity index (χ4v) is 3.75. The number of carbonyl (C=O) groups excluding carboxylic acids is 1. The molecule has 1 aromatic carbocycles. The van der Waals surface area contributed by atoms with Crippen molar-refractivity contribution in [1.29, 1.82) is 0 Å². The maximum absolute atomic E-state index is 13.2. The van der Waals surface area contributed by atoms with E-state index in [1.54, 1.807) is 18.3 Å². The highest BCUT2D eigenvalue weighted by atomic mass is 35.5. The summed E-state index contributed by atoms with van der Waals surface area (Å²) in [6.07, 6.45) is 2.95. The van der Waals surface area contributed by atoms with Crippen molar-refractivity contribution in [1.82, 2.24) is 20.0 Å². The summed E-state index contributed by atoms with van der Waals surface area (Å²) < 4.78 is 45.2. The first-order valence-corrected chi connectivity index (χ1v) is 10.8. The number of hydrogen-bond donors (Lipinski definition) is 2. The quantitative estimate of drug-likeness (QED) is 0.530. The summed E-state index contributed by atoms with van der Waals surface area (Å²) in [5.41, 5.74) is 1.51. The average molecular weight is 465 g/mol. The Morgan fingerprint density at radius 2 is 1.90 bits per heavy atom. The lowest BCUT2D eigenvalue weighted by Crippen LogP contribution is -2.25. The lowest BCUT2D eigenvalue weighted by Gasteiger charge is -2.08. The SMILES string of the molecule is COc1ccc(CNC(=O)c2ccc(CNS(=O)(=O)c3ccc(F)c(Cl)c3)nc2)cn1. The minimum Gasteiger partial charge on any atom is -0.481 e. The molecule has 0 aliphatic heterocycles. The fraction of sp³-hybridized carbons (Fsp3) is 0.150. The lowest BCUT2D eigenvalue weighted by atomic mass is 10.2. The van der Waals surface area contributed by atoms with E-state index in [1.807, 2.05) is 0 Å². The van der Waals surface area contributed by atoms with Crippen molar-refractivity contribution in [3.8, 4) is 5.88 Å². The van der Waals surface area contributed by atoms with Crippen molar-refractivity contribution in [2.45, 2.75) is 18.0 Å². The van der Waals surface area contributed by atoms with Crippen LogP contribution in [0.15, 0.2) is 59.8 Å². The van der Waals surface area contributed by atoms with Crippen LogP contribution in [0.1, 0.15) is 21.6 Å². The van der Waals surface area contributed by atoms with Crippen LogP contribution in [0.2, 0.25) is 5.02 Å². The van der Waals surface area contributed by atoms with Gasteiger partial charge in [-0.25, -0.2) is 22.5 Å². The summed E-state index contributed by atoms with van der Waals surface area (Å²) in [5.74, 6) is -0.566. The minimum absolute atomic E-state index is 0.114. The van der Waals surface area contributed by atoms with Crippen LogP contribution >= 0.6 is 11.6 Å². The molecule has 2 heterocycles. The van der Waals surface area contributed by atoms with Gasteiger partial charge in [0, 0.05) is 25.0 Å². The van der Waals surface area contributed by atoms with Gasteiger partial charge >= 0.3 is 0 Å². The second-order valence-electron chi connectivity index (χ2n) is 6.33. The van der Waals surface area contributed by atoms with Gasteiger partial charge < -0.3 is 10.1 Å². The molecule has 0 saturated heterocycles. The number of nitrogens with one attached hydrogen (secondary N) is 2. The van der Waals surface area contributed by atoms with Gasteiger partial charge in [-0.15, -0.1) is 0 Å². The van der Waals surface area contributed by atoms with Crippen molar-refractivity contribution in [2.75, 3.05) is 7.11 Å². The summed E-state index contributed by atoms with van der Waals surface area (Å²) in [7, 11) is -2.39. The second kappa shape index (κ2) is 9.82. The van der Waals surface area contributed by atoms with Crippen LogP contribution in [-0.4, -0.2) is 31.4 Å². The van der Waals surface area contributed by atoms with Crippen molar-refractivity contribution in [3.63, 3.8) is 0 Å². The summed E-state index contributed by atoms with van der Waals surface area (Å²) >= 11 is 5.64. The molecule has 0 saturated carbocycles. The number of sulfonamides is 1. The standard InChI is InChI=1S/C20H18ClFN4O4S/c1-30-19-7-2-13(9-24-19)10-25-20(27)14-3-4-15(23-11-14)12-26-31(28,29)16-5-6-18(22)17(21)8-16/h2-9,11,26H,10,12H2,1H3,(H,25,27). The number of hydrogen-bond acceptors (Lipinski definition) is 6. The monoisotopic (exact) mass is 464 g/mol. The third-order valence-electron chi connectivity index (χ3n) is 4.19. The Bertz CT molecular complexity index is 1170. The van der Waals surface area contributed by atoms with Gasteiger partial charge in [0.25, 0.3) is 5.91 Å². The van der Waals surface area contributed by atoms with Crippen LogP contribution in [0, 0.1) is 5.82 Å². The normalized spacial score (nSPS) is 11.2. The maximum Gasteiger partial charge on any atom is 0.253 e. The van der Waals surface area contributed by atoms with Crippen LogP contribution < -0.4 is 14.8 Å². The maximum atomic E-state index is 13.2. The van der Waals surface area contributed by atoms with Crippen LogP contribution in [0.4, 0.5) is 4.39 Å². The largest absolute Gasteiger partial charge is 0.481 e. The van der Waals surface area contributed by atoms with Crippen LogP contribution in [0.25, 0.3) is 0 Å². The number of nitrogens with zero attached hydrogens (tertiary/aromatic N) is 2. The highest BCUT2D eigenvalue weighted by Crippen LogP contribution is 2.19. The Labute approximate surface area is 183 Å². The number of aromatic nitrogens is 2. The lowest BCUT2D eigenvalue weighted by molar-refractivity contribution is 0.0950. The summed E-state index contributed by atoms with van der Waals surface area (Å²) in [5, 5.41) is 2.46. The highest BCUT2D eigenvalue weighted by molar-refractivity contribution is 7.89. The third-order valence-corrected chi connectivity index (χ3v) is 5.88. The van der Waals surface area contributed by atoms with Crippen LogP contribution in [-0.2, 0) is 23.1 Å². The molecular weight excluding hydrogens is 447 g/mol. The Balaban J connectivity index is 1.56. The first-order chi connectivity index (χ1) is 14.8. The van der Waals surface area contributed by atoms with E-state index in [2.05, 4.69) is 20.0 Å². The van der Waals surface area contributed by atoms with Gasteiger partial charge in [-0.05, 0) is 35.9 Å². The van der Waals surface area contributed by atoms with Crippen LogP contribution in [0.5, 0.6) is 5.88 Å².